The van der Waals surface area contributed by atoms with Gasteiger partial charge in [-0.15, -0.1) is 0 Å². The molecule has 1 aromatic carbocycles. The van der Waals surface area contributed by atoms with E-state index in [-0.39, 0.29) is 11.9 Å². The molecule has 5 nitrogen and oxygen atoms in total. The Balaban J connectivity index is 1.62. The van der Waals surface area contributed by atoms with Crippen molar-refractivity contribution in [2.75, 3.05) is 13.1 Å². The van der Waals surface area contributed by atoms with Gasteiger partial charge in [-0.25, -0.2) is 0 Å². The van der Waals surface area contributed by atoms with Gasteiger partial charge in [0.05, 0.1) is 5.41 Å². The lowest BCUT2D eigenvalue weighted by molar-refractivity contribution is -0.131. The van der Waals surface area contributed by atoms with E-state index in [0.717, 1.165) is 37.2 Å². The number of pyridine rings is 2. The molecule has 0 bridgehead atoms. The molecule has 4 rings (SSSR count). The summed E-state index contributed by atoms with van der Waals surface area (Å²) in [6.45, 7) is 6.50. The molecule has 3 heterocycles. The van der Waals surface area contributed by atoms with Gasteiger partial charge in [-0.3, -0.25) is 19.7 Å². The molecule has 1 aliphatic heterocycles. The molecule has 3 aromatic rings. The Labute approximate surface area is 184 Å². The number of benzene rings is 1. The Hall–Kier alpha value is -3.05. The van der Waals surface area contributed by atoms with Crippen molar-refractivity contribution in [3.8, 4) is 11.1 Å². The number of rotatable bonds is 7. The summed E-state index contributed by atoms with van der Waals surface area (Å²) in [6.07, 6.45) is 8.93. The summed E-state index contributed by atoms with van der Waals surface area (Å²) in [6, 6.07) is 16.6. The van der Waals surface area contributed by atoms with Crippen molar-refractivity contribution < 1.29 is 4.79 Å². The van der Waals surface area contributed by atoms with E-state index in [1.165, 1.54) is 11.1 Å². The number of likely N-dealkylation sites (tertiary alicyclic amines) is 1. The van der Waals surface area contributed by atoms with Crippen LogP contribution in [0.4, 0.5) is 0 Å². The molecule has 0 unspecified atom stereocenters. The van der Waals surface area contributed by atoms with Crippen molar-refractivity contribution in [3.05, 3.63) is 84.4 Å². The van der Waals surface area contributed by atoms with Crippen molar-refractivity contribution in [1.29, 1.82) is 0 Å². The molecule has 0 saturated carbocycles. The summed E-state index contributed by atoms with van der Waals surface area (Å²) >= 11 is 0. The number of aromatic nitrogens is 2. The molecule has 5 heteroatoms. The highest BCUT2D eigenvalue weighted by Gasteiger charge is 2.45. The van der Waals surface area contributed by atoms with Gasteiger partial charge in [0.25, 0.3) is 0 Å². The zero-order valence-electron chi connectivity index (χ0n) is 18.3. The third kappa shape index (κ3) is 5.00. The first kappa shape index (κ1) is 21.2. The highest BCUT2D eigenvalue weighted by molar-refractivity contribution is 5.84. The van der Waals surface area contributed by atoms with E-state index in [4.69, 9.17) is 0 Å². The number of nitrogens with one attached hydrogen (secondary N) is 1. The first-order chi connectivity index (χ1) is 15.1. The predicted molar refractivity (Wildman–Crippen MR) is 123 cm³/mol. The minimum absolute atomic E-state index is 0.116. The van der Waals surface area contributed by atoms with Crippen LogP contribution in [0.15, 0.2) is 73.3 Å². The van der Waals surface area contributed by atoms with Gasteiger partial charge in [-0.1, -0.05) is 36.4 Å². The lowest BCUT2D eigenvalue weighted by atomic mass is 9.78. The molecule has 1 aliphatic rings. The largest absolute Gasteiger partial charge is 0.353 e. The molecule has 1 atom stereocenters. The zero-order chi connectivity index (χ0) is 21.7. The molecule has 1 fully saturated rings. The number of amides is 1. The fraction of sp³-hybridized carbons (Fsp3) is 0.346. The minimum Gasteiger partial charge on any atom is -0.353 e. The Morgan fingerprint density at radius 3 is 2.55 bits per heavy atom. The lowest BCUT2D eigenvalue weighted by Crippen LogP contribution is -2.46. The maximum atomic E-state index is 13.5. The molecule has 31 heavy (non-hydrogen) atoms. The maximum absolute atomic E-state index is 13.5. The summed E-state index contributed by atoms with van der Waals surface area (Å²) in [5.74, 6) is 0.150. The molecule has 0 spiro atoms. The number of carbonyl (C=O) groups excluding carboxylic acids is 1. The monoisotopic (exact) mass is 414 g/mol. The highest BCUT2D eigenvalue weighted by atomic mass is 16.2. The Morgan fingerprint density at radius 2 is 1.84 bits per heavy atom. The van der Waals surface area contributed by atoms with E-state index in [0.29, 0.717) is 6.42 Å². The molecule has 0 aliphatic carbocycles. The van der Waals surface area contributed by atoms with Crippen molar-refractivity contribution in [2.24, 2.45) is 5.41 Å². The number of hydrogen-bond acceptors (Lipinski definition) is 4. The molecular weight excluding hydrogens is 384 g/mol. The minimum atomic E-state index is -0.454. The van der Waals surface area contributed by atoms with E-state index in [2.05, 4.69) is 56.6 Å². The third-order valence-electron chi connectivity index (χ3n) is 5.98. The average molecular weight is 415 g/mol. The van der Waals surface area contributed by atoms with Crippen LogP contribution < -0.4 is 5.32 Å². The van der Waals surface area contributed by atoms with Crippen LogP contribution >= 0.6 is 0 Å². The fourth-order valence-electron chi connectivity index (χ4n) is 4.51. The number of carbonyl (C=O) groups is 1. The van der Waals surface area contributed by atoms with Gasteiger partial charge in [0, 0.05) is 49.5 Å². The molecule has 1 saturated heterocycles. The van der Waals surface area contributed by atoms with Crippen molar-refractivity contribution in [2.45, 2.75) is 39.3 Å². The third-order valence-corrected chi connectivity index (χ3v) is 5.98. The van der Waals surface area contributed by atoms with Crippen molar-refractivity contribution >= 4 is 5.91 Å². The molecule has 2 aromatic heterocycles. The topological polar surface area (TPSA) is 58.1 Å². The first-order valence-corrected chi connectivity index (χ1v) is 11.0. The van der Waals surface area contributed by atoms with Crippen LogP contribution in [0.3, 0.4) is 0 Å². The van der Waals surface area contributed by atoms with Crippen LogP contribution in [-0.2, 0) is 17.8 Å². The normalized spacial score (nSPS) is 18.9. The summed E-state index contributed by atoms with van der Waals surface area (Å²) in [5, 5.41) is 3.20. The Kier molecular flexibility index (Phi) is 6.42. The highest BCUT2D eigenvalue weighted by Crippen LogP contribution is 2.38. The van der Waals surface area contributed by atoms with Gasteiger partial charge in [0.2, 0.25) is 5.91 Å². The van der Waals surface area contributed by atoms with Gasteiger partial charge in [0.15, 0.2) is 0 Å². The van der Waals surface area contributed by atoms with E-state index >= 15 is 0 Å². The van der Waals surface area contributed by atoms with Crippen LogP contribution in [0, 0.1) is 5.41 Å². The SMILES string of the molecule is CC(C)NC(=O)[C@]1(Cc2ccccc2-c2cccnc2)CCN(Cc2cccnc2)C1. The van der Waals surface area contributed by atoms with Crippen LogP contribution in [0.25, 0.3) is 11.1 Å². The number of nitrogens with zero attached hydrogens (tertiary/aromatic N) is 3. The summed E-state index contributed by atoms with van der Waals surface area (Å²) in [4.78, 5) is 24.4. The van der Waals surface area contributed by atoms with Gasteiger partial charge >= 0.3 is 0 Å². The first-order valence-electron chi connectivity index (χ1n) is 11.0. The van der Waals surface area contributed by atoms with E-state index in [1.807, 2.05) is 38.4 Å². The molecule has 1 amide bonds. The maximum Gasteiger partial charge on any atom is 0.228 e. The predicted octanol–water partition coefficient (Wildman–Crippen LogP) is 4.10. The van der Waals surface area contributed by atoms with Gasteiger partial charge in [-0.2, -0.15) is 0 Å². The summed E-state index contributed by atoms with van der Waals surface area (Å²) < 4.78 is 0. The quantitative estimate of drug-likeness (QED) is 0.632. The van der Waals surface area contributed by atoms with Crippen LogP contribution in [0.1, 0.15) is 31.4 Å². The Bertz CT molecular complexity index is 1010. The molecule has 0 radical (unpaired) electrons. The van der Waals surface area contributed by atoms with Crippen LogP contribution in [-0.4, -0.2) is 39.9 Å². The van der Waals surface area contributed by atoms with Crippen LogP contribution in [0.2, 0.25) is 0 Å². The molecular formula is C26H30N4O. The van der Waals surface area contributed by atoms with E-state index in [9.17, 15) is 4.79 Å². The second-order valence-electron chi connectivity index (χ2n) is 8.81. The van der Waals surface area contributed by atoms with E-state index < -0.39 is 5.41 Å². The summed E-state index contributed by atoms with van der Waals surface area (Å²) in [7, 11) is 0. The van der Waals surface area contributed by atoms with Gasteiger partial charge < -0.3 is 5.32 Å². The molecule has 1 N–H and O–H groups in total. The van der Waals surface area contributed by atoms with E-state index in [1.54, 1.807) is 12.4 Å². The standard InChI is InChI=1S/C26H30N4O/c1-20(2)29-25(31)26(11-14-30(19-26)18-21-7-5-12-27-16-21)15-22-8-3-4-10-24(22)23-9-6-13-28-17-23/h3-10,12-13,16-17,20H,11,14-15,18-19H2,1-2H3,(H,29,31)/t26-/m0/s1. The van der Waals surface area contributed by atoms with Crippen molar-refractivity contribution in [1.82, 2.24) is 20.2 Å². The Morgan fingerprint density at radius 1 is 1.06 bits per heavy atom. The van der Waals surface area contributed by atoms with Gasteiger partial charge in [-0.05, 0) is 62.1 Å². The average Bonchev–Trinajstić information content (AvgIpc) is 3.19. The second-order valence-corrected chi connectivity index (χ2v) is 8.81. The molecule has 160 valence electrons. The van der Waals surface area contributed by atoms with Crippen molar-refractivity contribution in [3.63, 3.8) is 0 Å². The lowest BCUT2D eigenvalue weighted by Gasteiger charge is -2.30. The fourth-order valence-corrected chi connectivity index (χ4v) is 4.51. The van der Waals surface area contributed by atoms with Crippen LogP contribution in [0.5, 0.6) is 0 Å². The number of hydrogen-bond donors (Lipinski definition) is 1. The second kappa shape index (κ2) is 9.40. The van der Waals surface area contributed by atoms with Gasteiger partial charge in [0.1, 0.15) is 0 Å². The smallest absolute Gasteiger partial charge is 0.228 e. The zero-order valence-corrected chi connectivity index (χ0v) is 18.3. The summed E-state index contributed by atoms with van der Waals surface area (Å²) in [5.41, 5.74) is 4.15.